The Morgan fingerprint density at radius 2 is 2.18 bits per heavy atom. The van der Waals surface area contributed by atoms with Crippen LogP contribution in [0.5, 0.6) is 0 Å². The first-order valence-corrected chi connectivity index (χ1v) is 4.59. The maximum absolute atomic E-state index is 4.96. The molecule has 0 aromatic rings. The Hall–Kier alpha value is -0.310. The van der Waals surface area contributed by atoms with Gasteiger partial charge in [-0.05, 0) is 25.6 Å². The summed E-state index contributed by atoms with van der Waals surface area (Å²) in [5, 5.41) is 6.82. The molecule has 0 saturated carbocycles. The third-order valence-electron chi connectivity index (χ3n) is 1.60. The lowest BCUT2D eigenvalue weighted by atomic mass is 10.1. The van der Waals surface area contributed by atoms with Crippen LogP contribution in [-0.2, 0) is 0 Å². The van der Waals surface area contributed by atoms with Gasteiger partial charge in [-0.15, -0.1) is 0 Å². The molecule has 0 spiro atoms. The second kappa shape index (κ2) is 6.40. The van der Waals surface area contributed by atoms with Crippen molar-refractivity contribution in [2.24, 2.45) is 0 Å². The maximum atomic E-state index is 4.96. The predicted molar refractivity (Wildman–Crippen MR) is 53.8 cm³/mol. The topological polar surface area (TPSA) is 24.1 Å². The average Bonchev–Trinajstić information content (AvgIpc) is 2.00. The Labute approximate surface area is 74.8 Å². The highest BCUT2D eigenvalue weighted by molar-refractivity contribution is 7.80. The van der Waals surface area contributed by atoms with E-state index in [4.69, 9.17) is 12.2 Å². The summed E-state index contributed by atoms with van der Waals surface area (Å²) in [6, 6.07) is 0.495. The Kier molecular flexibility index (Phi) is 6.22. The van der Waals surface area contributed by atoms with E-state index in [0.717, 1.165) is 5.11 Å². The average molecular weight is 174 g/mol. The molecule has 0 aliphatic heterocycles. The zero-order chi connectivity index (χ0) is 8.69. The Morgan fingerprint density at radius 3 is 2.64 bits per heavy atom. The van der Waals surface area contributed by atoms with Gasteiger partial charge in [0.15, 0.2) is 5.11 Å². The van der Waals surface area contributed by atoms with Gasteiger partial charge in [0.2, 0.25) is 0 Å². The van der Waals surface area contributed by atoms with Crippen molar-refractivity contribution in [3.8, 4) is 0 Å². The van der Waals surface area contributed by atoms with Gasteiger partial charge in [0.05, 0.1) is 0 Å². The molecule has 2 nitrogen and oxygen atoms in total. The van der Waals surface area contributed by atoms with Crippen LogP contribution >= 0.6 is 12.2 Å². The first-order chi connectivity index (χ1) is 5.20. The number of thiocarbonyl (C=S) groups is 1. The van der Waals surface area contributed by atoms with Gasteiger partial charge in [-0.2, -0.15) is 0 Å². The summed E-state index contributed by atoms with van der Waals surface area (Å²) < 4.78 is 0. The zero-order valence-electron chi connectivity index (χ0n) is 7.61. The highest BCUT2D eigenvalue weighted by Gasteiger charge is 2.00. The molecule has 2 N–H and O–H groups in total. The van der Waals surface area contributed by atoms with Crippen LogP contribution in [0.25, 0.3) is 0 Å². The Morgan fingerprint density at radius 1 is 1.55 bits per heavy atom. The zero-order valence-corrected chi connectivity index (χ0v) is 8.42. The molecule has 0 aromatic heterocycles. The molecule has 0 aliphatic carbocycles. The van der Waals surface area contributed by atoms with Crippen molar-refractivity contribution in [2.45, 2.75) is 39.2 Å². The Balaban J connectivity index is 3.35. The molecule has 1 atom stereocenters. The summed E-state index contributed by atoms with van der Waals surface area (Å²) in [6.07, 6.45) is 3.71. The smallest absolute Gasteiger partial charge is 0.166 e. The van der Waals surface area contributed by atoms with E-state index in [0.29, 0.717) is 6.04 Å². The second-order valence-corrected chi connectivity index (χ2v) is 3.17. The number of unbranched alkanes of at least 4 members (excludes halogenated alkanes) is 1. The molecule has 0 radical (unpaired) electrons. The molecule has 0 rings (SSSR count). The second-order valence-electron chi connectivity index (χ2n) is 2.77. The van der Waals surface area contributed by atoms with Crippen molar-refractivity contribution in [1.82, 2.24) is 10.6 Å². The minimum atomic E-state index is 0.495. The SMILES string of the molecule is CCCCC(C)NC(=S)NC. The van der Waals surface area contributed by atoms with E-state index >= 15 is 0 Å². The standard InChI is InChI=1S/C8H18N2S/c1-4-5-6-7(2)10-8(11)9-3/h7H,4-6H2,1-3H3,(H2,9,10,11). The van der Waals surface area contributed by atoms with Gasteiger partial charge in [0.25, 0.3) is 0 Å². The van der Waals surface area contributed by atoms with Crippen LogP contribution < -0.4 is 10.6 Å². The first-order valence-electron chi connectivity index (χ1n) is 4.19. The molecule has 66 valence electrons. The van der Waals surface area contributed by atoms with E-state index in [2.05, 4.69) is 24.5 Å². The third-order valence-corrected chi connectivity index (χ3v) is 1.92. The van der Waals surface area contributed by atoms with Crippen LogP contribution in [0.3, 0.4) is 0 Å². The third kappa shape index (κ3) is 6.10. The molecular formula is C8H18N2S. The molecule has 3 heteroatoms. The van der Waals surface area contributed by atoms with Gasteiger partial charge in [0, 0.05) is 13.1 Å². The van der Waals surface area contributed by atoms with E-state index in [9.17, 15) is 0 Å². The van der Waals surface area contributed by atoms with Crippen molar-refractivity contribution in [3.05, 3.63) is 0 Å². The molecule has 0 amide bonds. The van der Waals surface area contributed by atoms with E-state index < -0.39 is 0 Å². The van der Waals surface area contributed by atoms with E-state index in [1.807, 2.05) is 7.05 Å². The summed E-state index contributed by atoms with van der Waals surface area (Å²) in [5.41, 5.74) is 0. The number of rotatable bonds is 4. The lowest BCUT2D eigenvalue weighted by Gasteiger charge is -2.14. The highest BCUT2D eigenvalue weighted by Crippen LogP contribution is 1.98. The maximum Gasteiger partial charge on any atom is 0.166 e. The van der Waals surface area contributed by atoms with E-state index in [1.165, 1.54) is 19.3 Å². The summed E-state index contributed by atoms with van der Waals surface area (Å²) in [4.78, 5) is 0. The monoisotopic (exact) mass is 174 g/mol. The summed E-state index contributed by atoms with van der Waals surface area (Å²) in [5.74, 6) is 0. The number of hydrogen-bond donors (Lipinski definition) is 2. The molecule has 1 unspecified atom stereocenters. The van der Waals surface area contributed by atoms with Gasteiger partial charge < -0.3 is 10.6 Å². The van der Waals surface area contributed by atoms with Gasteiger partial charge in [-0.3, -0.25) is 0 Å². The van der Waals surface area contributed by atoms with Crippen LogP contribution in [0.4, 0.5) is 0 Å². The molecule has 0 bridgehead atoms. The fraction of sp³-hybridized carbons (Fsp3) is 0.875. The van der Waals surface area contributed by atoms with Gasteiger partial charge in [-0.25, -0.2) is 0 Å². The van der Waals surface area contributed by atoms with Crippen molar-refractivity contribution >= 4 is 17.3 Å². The predicted octanol–water partition coefficient (Wildman–Crippen LogP) is 1.66. The molecule has 0 fully saturated rings. The molecule has 11 heavy (non-hydrogen) atoms. The van der Waals surface area contributed by atoms with E-state index in [1.54, 1.807) is 0 Å². The number of nitrogens with one attached hydrogen (secondary N) is 2. The van der Waals surface area contributed by atoms with Gasteiger partial charge in [-0.1, -0.05) is 19.8 Å². The van der Waals surface area contributed by atoms with Crippen LogP contribution in [-0.4, -0.2) is 18.2 Å². The molecule has 0 saturated heterocycles. The molecule has 0 heterocycles. The fourth-order valence-electron chi connectivity index (χ4n) is 0.878. The summed E-state index contributed by atoms with van der Waals surface area (Å²) >= 11 is 4.96. The summed E-state index contributed by atoms with van der Waals surface area (Å²) in [7, 11) is 1.84. The molecule has 0 aromatic carbocycles. The van der Waals surface area contributed by atoms with Crippen LogP contribution in [0, 0.1) is 0 Å². The minimum absolute atomic E-state index is 0.495. The fourth-order valence-corrected chi connectivity index (χ4v) is 1.08. The first kappa shape index (κ1) is 10.7. The quantitative estimate of drug-likeness (QED) is 0.634. The minimum Gasteiger partial charge on any atom is -0.366 e. The van der Waals surface area contributed by atoms with Gasteiger partial charge >= 0.3 is 0 Å². The normalized spacial score (nSPS) is 12.3. The lowest BCUT2D eigenvalue weighted by Crippen LogP contribution is -2.38. The summed E-state index contributed by atoms with van der Waals surface area (Å²) in [6.45, 7) is 4.35. The Bertz CT molecular complexity index is 115. The van der Waals surface area contributed by atoms with Crippen molar-refractivity contribution in [1.29, 1.82) is 0 Å². The van der Waals surface area contributed by atoms with E-state index in [-0.39, 0.29) is 0 Å². The van der Waals surface area contributed by atoms with Crippen molar-refractivity contribution in [2.75, 3.05) is 7.05 Å². The lowest BCUT2D eigenvalue weighted by molar-refractivity contribution is 0.568. The largest absolute Gasteiger partial charge is 0.366 e. The number of hydrogen-bond acceptors (Lipinski definition) is 1. The molecule has 0 aliphatic rings. The highest BCUT2D eigenvalue weighted by atomic mass is 32.1. The van der Waals surface area contributed by atoms with Crippen LogP contribution in [0.2, 0.25) is 0 Å². The van der Waals surface area contributed by atoms with Crippen molar-refractivity contribution < 1.29 is 0 Å². The van der Waals surface area contributed by atoms with Crippen molar-refractivity contribution in [3.63, 3.8) is 0 Å². The van der Waals surface area contributed by atoms with Crippen LogP contribution in [0.15, 0.2) is 0 Å². The molecular weight excluding hydrogens is 156 g/mol. The van der Waals surface area contributed by atoms with Gasteiger partial charge in [0.1, 0.15) is 0 Å². The van der Waals surface area contributed by atoms with Crippen LogP contribution in [0.1, 0.15) is 33.1 Å².